The molecule has 2 rings (SSSR count). The highest BCUT2D eigenvalue weighted by Crippen LogP contribution is 2.67. The first-order valence-corrected chi connectivity index (χ1v) is 8.29. The van der Waals surface area contributed by atoms with Crippen LogP contribution in [0.25, 0.3) is 0 Å². The Balaban J connectivity index is 1.60. The second-order valence-corrected chi connectivity index (χ2v) is 8.07. The van der Waals surface area contributed by atoms with Crippen molar-refractivity contribution in [2.24, 2.45) is 28.6 Å². The molecule has 1 aliphatic carbocycles. The molecule has 2 atom stereocenters. The van der Waals surface area contributed by atoms with Crippen LogP contribution in [-0.2, 0) is 0 Å². The van der Waals surface area contributed by atoms with Crippen LogP contribution in [0.1, 0.15) is 53.9 Å². The Hall–Kier alpha value is -0.0800. The molecule has 2 N–H and O–H groups in total. The molecular formula is C17H34N2. The summed E-state index contributed by atoms with van der Waals surface area (Å²) >= 11 is 0. The lowest BCUT2D eigenvalue weighted by Gasteiger charge is -2.28. The summed E-state index contributed by atoms with van der Waals surface area (Å²) in [5.41, 5.74) is 1.05. The predicted molar refractivity (Wildman–Crippen MR) is 83.3 cm³/mol. The summed E-state index contributed by atoms with van der Waals surface area (Å²) in [6, 6.07) is 0. The molecule has 2 fully saturated rings. The van der Waals surface area contributed by atoms with E-state index in [2.05, 4.69) is 45.3 Å². The van der Waals surface area contributed by atoms with E-state index < -0.39 is 0 Å². The Morgan fingerprint density at radius 1 is 1.21 bits per heavy atom. The maximum absolute atomic E-state index is 3.71. The van der Waals surface area contributed by atoms with Gasteiger partial charge in [0.05, 0.1) is 0 Å². The number of hydrogen-bond acceptors (Lipinski definition) is 2. The van der Waals surface area contributed by atoms with Crippen LogP contribution in [0.2, 0.25) is 0 Å². The molecule has 1 aliphatic heterocycles. The molecule has 0 aromatic rings. The fourth-order valence-electron chi connectivity index (χ4n) is 4.02. The second-order valence-electron chi connectivity index (χ2n) is 8.07. The smallest absolute Gasteiger partial charge is 0.000989 e. The van der Waals surface area contributed by atoms with Crippen molar-refractivity contribution in [3.63, 3.8) is 0 Å². The molecule has 2 unspecified atom stereocenters. The highest BCUT2D eigenvalue weighted by Gasteiger charge is 2.63. The van der Waals surface area contributed by atoms with Gasteiger partial charge in [0, 0.05) is 0 Å². The summed E-state index contributed by atoms with van der Waals surface area (Å²) in [6.07, 6.45) is 4.13. The molecule has 0 aromatic heterocycles. The minimum Gasteiger partial charge on any atom is -0.316 e. The first kappa shape index (κ1) is 15.3. The van der Waals surface area contributed by atoms with E-state index in [1.807, 2.05) is 0 Å². The Morgan fingerprint density at radius 3 is 2.42 bits per heavy atom. The van der Waals surface area contributed by atoms with Crippen LogP contribution < -0.4 is 10.6 Å². The zero-order valence-corrected chi connectivity index (χ0v) is 13.7. The minimum atomic E-state index is 0.527. The summed E-state index contributed by atoms with van der Waals surface area (Å²) in [7, 11) is 0. The largest absolute Gasteiger partial charge is 0.316 e. The molecule has 2 nitrogen and oxygen atoms in total. The topological polar surface area (TPSA) is 24.1 Å². The van der Waals surface area contributed by atoms with Gasteiger partial charge < -0.3 is 10.6 Å². The monoisotopic (exact) mass is 266 g/mol. The number of nitrogens with one attached hydrogen (secondary N) is 2. The van der Waals surface area contributed by atoms with Gasteiger partial charge in [0.15, 0.2) is 0 Å². The van der Waals surface area contributed by atoms with Crippen LogP contribution >= 0.6 is 0 Å². The Bertz CT molecular complexity index is 276. The van der Waals surface area contributed by atoms with E-state index >= 15 is 0 Å². The molecule has 1 saturated heterocycles. The SMILES string of the molecule is CC(CCNCC1C(C)(C)C1(C)C)C1CCCNC1. The van der Waals surface area contributed by atoms with Gasteiger partial charge in [0.2, 0.25) is 0 Å². The van der Waals surface area contributed by atoms with Gasteiger partial charge in [-0.25, -0.2) is 0 Å². The third kappa shape index (κ3) is 3.16. The van der Waals surface area contributed by atoms with Crippen molar-refractivity contribution in [2.75, 3.05) is 26.2 Å². The average molecular weight is 266 g/mol. The molecule has 0 amide bonds. The van der Waals surface area contributed by atoms with Crippen LogP contribution in [0.3, 0.4) is 0 Å². The van der Waals surface area contributed by atoms with Gasteiger partial charge in [-0.2, -0.15) is 0 Å². The lowest BCUT2D eigenvalue weighted by molar-refractivity contribution is 0.265. The highest BCUT2D eigenvalue weighted by atomic mass is 14.9. The van der Waals surface area contributed by atoms with Crippen molar-refractivity contribution in [1.29, 1.82) is 0 Å². The zero-order chi connectivity index (χ0) is 14.1. The van der Waals surface area contributed by atoms with Gasteiger partial charge >= 0.3 is 0 Å². The van der Waals surface area contributed by atoms with E-state index in [0.717, 1.165) is 17.8 Å². The van der Waals surface area contributed by atoms with Crippen LogP contribution in [0.15, 0.2) is 0 Å². The second kappa shape index (κ2) is 5.73. The van der Waals surface area contributed by atoms with E-state index in [4.69, 9.17) is 0 Å². The average Bonchev–Trinajstić information content (AvgIpc) is 2.77. The van der Waals surface area contributed by atoms with Gasteiger partial charge in [-0.3, -0.25) is 0 Å². The fourth-order valence-corrected chi connectivity index (χ4v) is 4.02. The number of hydrogen-bond donors (Lipinski definition) is 2. The van der Waals surface area contributed by atoms with E-state index in [1.54, 1.807) is 0 Å². The van der Waals surface area contributed by atoms with E-state index in [9.17, 15) is 0 Å². The van der Waals surface area contributed by atoms with Crippen molar-refractivity contribution < 1.29 is 0 Å². The first-order chi connectivity index (χ1) is 8.87. The van der Waals surface area contributed by atoms with Gasteiger partial charge in [0.25, 0.3) is 0 Å². The Labute approximate surface area is 120 Å². The van der Waals surface area contributed by atoms with Gasteiger partial charge in [-0.15, -0.1) is 0 Å². The normalized spacial score (nSPS) is 31.1. The third-order valence-corrected chi connectivity index (χ3v) is 6.58. The first-order valence-electron chi connectivity index (χ1n) is 8.29. The molecular weight excluding hydrogens is 232 g/mol. The van der Waals surface area contributed by atoms with Crippen molar-refractivity contribution >= 4 is 0 Å². The summed E-state index contributed by atoms with van der Waals surface area (Å²) in [4.78, 5) is 0. The third-order valence-electron chi connectivity index (χ3n) is 6.58. The fraction of sp³-hybridized carbons (Fsp3) is 1.00. The summed E-state index contributed by atoms with van der Waals surface area (Å²) in [5.74, 6) is 2.62. The van der Waals surface area contributed by atoms with Gasteiger partial charge in [-0.05, 0) is 74.0 Å². The molecule has 0 bridgehead atoms. The summed E-state index contributed by atoms with van der Waals surface area (Å²) < 4.78 is 0. The lowest BCUT2D eigenvalue weighted by Crippen LogP contribution is -2.34. The summed E-state index contributed by atoms with van der Waals surface area (Å²) in [5, 5.41) is 7.24. The van der Waals surface area contributed by atoms with Crippen LogP contribution in [-0.4, -0.2) is 26.2 Å². The van der Waals surface area contributed by atoms with Crippen molar-refractivity contribution in [3.8, 4) is 0 Å². The standard InChI is InChI=1S/C17H34N2/c1-13(14-7-6-9-18-11-14)8-10-19-12-15-16(2,3)17(15,4)5/h13-15,18-19H,6-12H2,1-5H3. The molecule has 0 spiro atoms. The van der Waals surface area contributed by atoms with E-state index in [1.165, 1.54) is 45.4 Å². The van der Waals surface area contributed by atoms with E-state index in [0.29, 0.717) is 10.8 Å². The highest BCUT2D eigenvalue weighted by molar-refractivity contribution is 5.12. The van der Waals surface area contributed by atoms with Gasteiger partial charge in [-0.1, -0.05) is 34.6 Å². The van der Waals surface area contributed by atoms with E-state index in [-0.39, 0.29) is 0 Å². The molecule has 1 heterocycles. The summed E-state index contributed by atoms with van der Waals surface area (Å²) in [6.45, 7) is 17.0. The molecule has 19 heavy (non-hydrogen) atoms. The molecule has 2 heteroatoms. The zero-order valence-electron chi connectivity index (χ0n) is 13.7. The van der Waals surface area contributed by atoms with Crippen molar-refractivity contribution in [1.82, 2.24) is 10.6 Å². The predicted octanol–water partition coefficient (Wildman–Crippen LogP) is 3.28. The van der Waals surface area contributed by atoms with Crippen LogP contribution in [0.4, 0.5) is 0 Å². The van der Waals surface area contributed by atoms with Crippen molar-refractivity contribution in [2.45, 2.75) is 53.9 Å². The van der Waals surface area contributed by atoms with Crippen molar-refractivity contribution in [3.05, 3.63) is 0 Å². The minimum absolute atomic E-state index is 0.527. The Kier molecular flexibility index (Phi) is 4.62. The number of piperidine rings is 1. The maximum atomic E-state index is 3.71. The number of rotatable bonds is 6. The van der Waals surface area contributed by atoms with Gasteiger partial charge in [0.1, 0.15) is 0 Å². The molecule has 0 aromatic carbocycles. The Morgan fingerprint density at radius 2 is 1.89 bits per heavy atom. The molecule has 112 valence electrons. The van der Waals surface area contributed by atoms with Crippen LogP contribution in [0, 0.1) is 28.6 Å². The maximum Gasteiger partial charge on any atom is -0.000989 e. The molecule has 1 saturated carbocycles. The molecule has 2 aliphatic rings. The van der Waals surface area contributed by atoms with Crippen LogP contribution in [0.5, 0.6) is 0 Å². The quantitative estimate of drug-likeness (QED) is 0.721. The lowest BCUT2D eigenvalue weighted by atomic mass is 9.85. The molecule has 0 radical (unpaired) electrons.